The van der Waals surface area contributed by atoms with E-state index in [2.05, 4.69) is 6.58 Å². The summed E-state index contributed by atoms with van der Waals surface area (Å²) in [5.41, 5.74) is 0.508. The van der Waals surface area contributed by atoms with E-state index in [4.69, 9.17) is 0 Å². The van der Waals surface area contributed by atoms with E-state index in [0.717, 1.165) is 5.52 Å². The summed E-state index contributed by atoms with van der Waals surface area (Å²) in [7, 11) is 0. The van der Waals surface area contributed by atoms with Crippen molar-refractivity contribution in [1.82, 2.24) is 4.57 Å². The highest BCUT2D eigenvalue weighted by Gasteiger charge is 2.05. The number of allylic oxidation sites excluding steroid dienone is 1. The van der Waals surface area contributed by atoms with Crippen LogP contribution in [-0.2, 0) is 6.54 Å². The second-order valence-electron chi connectivity index (χ2n) is 3.28. The van der Waals surface area contributed by atoms with Gasteiger partial charge in [-0.1, -0.05) is 18.2 Å². The van der Waals surface area contributed by atoms with Gasteiger partial charge in [0.15, 0.2) is 0 Å². The number of pyridine rings is 1. The van der Waals surface area contributed by atoms with Crippen LogP contribution in [0.15, 0.2) is 47.8 Å². The van der Waals surface area contributed by atoms with Crippen molar-refractivity contribution in [3.05, 3.63) is 53.3 Å². The predicted molar refractivity (Wildman–Crippen MR) is 60.1 cm³/mol. The average molecular weight is 201 g/mol. The van der Waals surface area contributed by atoms with E-state index in [1.165, 1.54) is 6.07 Å². The fourth-order valence-electron chi connectivity index (χ4n) is 1.63. The molecule has 0 saturated carbocycles. The Hall–Kier alpha value is -2.03. The second-order valence-corrected chi connectivity index (χ2v) is 3.28. The van der Waals surface area contributed by atoms with Gasteiger partial charge in [0.2, 0.25) is 0 Å². The summed E-state index contributed by atoms with van der Waals surface area (Å²) in [6.07, 6.45) is 1.66. The molecule has 0 saturated heterocycles. The monoisotopic (exact) mass is 201 g/mol. The minimum absolute atomic E-state index is 0.0240. The highest BCUT2D eigenvalue weighted by Crippen LogP contribution is 2.21. The van der Waals surface area contributed by atoms with Crippen LogP contribution in [0.3, 0.4) is 0 Å². The van der Waals surface area contributed by atoms with Gasteiger partial charge in [-0.2, -0.15) is 0 Å². The van der Waals surface area contributed by atoms with Crippen molar-refractivity contribution in [3.63, 3.8) is 0 Å². The van der Waals surface area contributed by atoms with Gasteiger partial charge in [0.25, 0.3) is 5.56 Å². The molecule has 15 heavy (non-hydrogen) atoms. The normalized spacial score (nSPS) is 10.4. The number of hydrogen-bond acceptors (Lipinski definition) is 2. The van der Waals surface area contributed by atoms with E-state index >= 15 is 0 Å². The van der Waals surface area contributed by atoms with Crippen molar-refractivity contribution in [1.29, 1.82) is 0 Å². The maximum absolute atomic E-state index is 11.6. The summed E-state index contributed by atoms with van der Waals surface area (Å²) < 4.78 is 1.57. The highest BCUT2D eigenvalue weighted by atomic mass is 16.3. The van der Waals surface area contributed by atoms with Gasteiger partial charge in [-0.25, -0.2) is 0 Å². The molecule has 0 unspecified atom stereocenters. The summed E-state index contributed by atoms with van der Waals surface area (Å²) in [5, 5.41) is 10.3. The van der Waals surface area contributed by atoms with E-state index in [0.29, 0.717) is 11.9 Å². The van der Waals surface area contributed by atoms with Gasteiger partial charge in [0.05, 0.1) is 5.52 Å². The van der Waals surface area contributed by atoms with Gasteiger partial charge in [-0.05, 0) is 12.1 Å². The van der Waals surface area contributed by atoms with Crippen LogP contribution in [0.25, 0.3) is 10.9 Å². The molecular weight excluding hydrogens is 190 g/mol. The molecule has 0 spiro atoms. The molecule has 1 heterocycles. The number of aromatic hydroxyl groups is 1. The molecule has 0 atom stereocenters. The van der Waals surface area contributed by atoms with Crippen LogP contribution in [0.1, 0.15) is 0 Å². The number of para-hydroxylation sites is 1. The summed E-state index contributed by atoms with van der Waals surface area (Å²) in [6.45, 7) is 4.05. The van der Waals surface area contributed by atoms with Crippen LogP contribution >= 0.6 is 0 Å². The number of fused-ring (bicyclic) bond motifs is 1. The molecule has 1 aromatic heterocycles. The van der Waals surface area contributed by atoms with Crippen molar-refractivity contribution < 1.29 is 5.11 Å². The first-order valence-corrected chi connectivity index (χ1v) is 4.66. The lowest BCUT2D eigenvalue weighted by atomic mass is 10.2. The van der Waals surface area contributed by atoms with E-state index in [1.807, 2.05) is 12.1 Å². The zero-order valence-electron chi connectivity index (χ0n) is 8.18. The van der Waals surface area contributed by atoms with Crippen molar-refractivity contribution >= 4 is 10.9 Å². The fraction of sp³-hybridized carbons (Fsp3) is 0.0833. The average Bonchev–Trinajstić information content (AvgIpc) is 2.24. The predicted octanol–water partition coefficient (Wildman–Crippen LogP) is 1.89. The molecular formula is C12H11NO2. The van der Waals surface area contributed by atoms with Crippen LogP contribution in [0.4, 0.5) is 0 Å². The van der Waals surface area contributed by atoms with E-state index in [9.17, 15) is 9.90 Å². The van der Waals surface area contributed by atoms with Crippen molar-refractivity contribution in [2.24, 2.45) is 0 Å². The molecule has 0 aliphatic carbocycles. The number of aromatic nitrogens is 1. The van der Waals surface area contributed by atoms with Crippen LogP contribution < -0.4 is 5.56 Å². The third-order valence-corrected chi connectivity index (χ3v) is 2.31. The fourth-order valence-corrected chi connectivity index (χ4v) is 1.63. The smallest absolute Gasteiger partial charge is 0.255 e. The number of benzene rings is 1. The molecule has 0 amide bonds. The first-order chi connectivity index (χ1) is 7.24. The zero-order chi connectivity index (χ0) is 10.8. The Labute approximate surface area is 86.9 Å². The van der Waals surface area contributed by atoms with E-state index in [-0.39, 0.29) is 11.3 Å². The maximum Gasteiger partial charge on any atom is 0.255 e. The topological polar surface area (TPSA) is 42.2 Å². The quantitative estimate of drug-likeness (QED) is 0.754. The van der Waals surface area contributed by atoms with Crippen molar-refractivity contribution in [3.8, 4) is 5.75 Å². The summed E-state index contributed by atoms with van der Waals surface area (Å²) in [5.74, 6) is 0.0240. The molecule has 1 aromatic carbocycles. The lowest BCUT2D eigenvalue weighted by molar-refractivity contribution is 0.479. The van der Waals surface area contributed by atoms with Gasteiger partial charge in [-0.3, -0.25) is 4.79 Å². The molecule has 0 aliphatic heterocycles. The Morgan fingerprint density at radius 1 is 1.40 bits per heavy atom. The molecule has 1 N–H and O–H groups in total. The van der Waals surface area contributed by atoms with Gasteiger partial charge in [0.1, 0.15) is 5.75 Å². The Morgan fingerprint density at radius 3 is 2.87 bits per heavy atom. The molecule has 3 heteroatoms. The second kappa shape index (κ2) is 3.61. The van der Waals surface area contributed by atoms with Gasteiger partial charge < -0.3 is 9.67 Å². The Morgan fingerprint density at radius 2 is 2.13 bits per heavy atom. The Bertz CT molecular complexity index is 569. The molecule has 0 bridgehead atoms. The molecule has 2 aromatic rings. The van der Waals surface area contributed by atoms with Crippen molar-refractivity contribution in [2.75, 3.05) is 0 Å². The van der Waals surface area contributed by atoms with Gasteiger partial charge in [-0.15, -0.1) is 6.58 Å². The molecule has 2 rings (SSSR count). The first kappa shape index (κ1) is 9.52. The molecule has 0 radical (unpaired) electrons. The lowest BCUT2D eigenvalue weighted by Gasteiger charge is -2.08. The first-order valence-electron chi connectivity index (χ1n) is 4.66. The van der Waals surface area contributed by atoms with Gasteiger partial charge in [0, 0.05) is 18.0 Å². The number of rotatable bonds is 2. The van der Waals surface area contributed by atoms with E-state index in [1.54, 1.807) is 22.8 Å². The van der Waals surface area contributed by atoms with Crippen LogP contribution in [0.2, 0.25) is 0 Å². The summed E-state index contributed by atoms with van der Waals surface area (Å²) in [6, 6.07) is 8.47. The highest BCUT2D eigenvalue weighted by molar-refractivity contribution is 5.84. The standard InChI is InChI=1S/C12H11NO2/c1-2-7-13-10-6-4-3-5-9(10)11(14)8-12(13)15/h2-6,8,14H,1,7H2. The SMILES string of the molecule is C=CCn1c(=O)cc(O)c2ccccc21. The van der Waals surface area contributed by atoms with E-state index < -0.39 is 0 Å². The largest absolute Gasteiger partial charge is 0.507 e. The number of hydrogen-bond donors (Lipinski definition) is 1. The third kappa shape index (κ3) is 1.52. The number of nitrogens with zero attached hydrogens (tertiary/aromatic N) is 1. The minimum Gasteiger partial charge on any atom is -0.507 e. The third-order valence-electron chi connectivity index (χ3n) is 2.31. The van der Waals surface area contributed by atoms with Gasteiger partial charge >= 0.3 is 0 Å². The minimum atomic E-state index is -0.217. The Kier molecular flexibility index (Phi) is 2.29. The van der Waals surface area contributed by atoms with Crippen LogP contribution in [0, 0.1) is 0 Å². The molecule has 76 valence electrons. The van der Waals surface area contributed by atoms with Crippen LogP contribution in [0.5, 0.6) is 5.75 Å². The summed E-state index contributed by atoms with van der Waals surface area (Å²) >= 11 is 0. The van der Waals surface area contributed by atoms with Crippen molar-refractivity contribution in [2.45, 2.75) is 6.54 Å². The van der Waals surface area contributed by atoms with Crippen LogP contribution in [-0.4, -0.2) is 9.67 Å². The molecule has 0 fully saturated rings. The Balaban J connectivity index is 2.89. The maximum atomic E-state index is 11.6. The molecule has 0 aliphatic rings. The zero-order valence-corrected chi connectivity index (χ0v) is 8.18. The summed E-state index contributed by atoms with van der Waals surface area (Å²) in [4.78, 5) is 11.6. The lowest BCUT2D eigenvalue weighted by Crippen LogP contribution is -2.18. The molecule has 3 nitrogen and oxygen atoms in total.